The number of fused-ring (bicyclic) bond motifs is 1. The summed E-state index contributed by atoms with van der Waals surface area (Å²) in [5, 5.41) is 0. The van der Waals surface area contributed by atoms with Crippen LogP contribution in [0.5, 0.6) is 5.75 Å². The highest BCUT2D eigenvalue weighted by molar-refractivity contribution is 5.94. The predicted molar refractivity (Wildman–Crippen MR) is 103 cm³/mol. The summed E-state index contributed by atoms with van der Waals surface area (Å²) in [6.07, 6.45) is 6.70. The van der Waals surface area contributed by atoms with Crippen LogP contribution in [0, 0.1) is 5.92 Å². The van der Waals surface area contributed by atoms with Gasteiger partial charge < -0.3 is 9.30 Å². The van der Waals surface area contributed by atoms with Crippen LogP contribution >= 0.6 is 0 Å². The van der Waals surface area contributed by atoms with E-state index in [-0.39, 0.29) is 11.8 Å². The molecule has 0 spiro atoms. The molecule has 0 aliphatic rings. The fourth-order valence-corrected chi connectivity index (χ4v) is 3.05. The van der Waals surface area contributed by atoms with Gasteiger partial charge >= 0.3 is 0 Å². The summed E-state index contributed by atoms with van der Waals surface area (Å²) in [4.78, 5) is 18.9. The molecule has 0 N–H and O–H groups in total. The Bertz CT molecular complexity index is 881. The number of hydrogen-bond donors (Lipinski definition) is 0. The zero-order valence-electron chi connectivity index (χ0n) is 15.8. The van der Waals surface area contributed by atoms with Gasteiger partial charge in [0.2, 0.25) is 5.91 Å². The first-order valence-electron chi connectivity index (χ1n) is 9.04. The van der Waals surface area contributed by atoms with Gasteiger partial charge in [0.1, 0.15) is 12.4 Å². The van der Waals surface area contributed by atoms with Crippen LogP contribution in [0.4, 0.5) is 5.82 Å². The monoisotopic (exact) mass is 354 g/mol. The molecule has 3 aromatic rings. The zero-order valence-corrected chi connectivity index (χ0v) is 15.8. The molecule has 3 aromatic heterocycles. The molecular weight excluding hydrogens is 328 g/mol. The number of imidazole rings is 1. The van der Waals surface area contributed by atoms with Crippen LogP contribution < -0.4 is 9.64 Å². The Kier molecular flexibility index (Phi) is 5.30. The van der Waals surface area contributed by atoms with Crippen LogP contribution in [0.2, 0.25) is 0 Å². The fraction of sp³-hybridized carbons (Fsp3) is 0.400. The van der Waals surface area contributed by atoms with Crippen LogP contribution in [-0.4, -0.2) is 33.5 Å². The molecule has 0 aliphatic heterocycles. The van der Waals surface area contributed by atoms with Crippen molar-refractivity contribution in [1.82, 2.24) is 14.0 Å². The molecule has 0 aromatic carbocycles. The molecule has 0 fully saturated rings. The molecule has 1 amide bonds. The third-order valence-corrected chi connectivity index (χ3v) is 4.41. The van der Waals surface area contributed by atoms with Crippen molar-refractivity contribution in [2.45, 2.75) is 33.7 Å². The van der Waals surface area contributed by atoms with E-state index in [9.17, 15) is 4.79 Å². The maximum Gasteiger partial charge on any atom is 0.230 e. The van der Waals surface area contributed by atoms with Crippen molar-refractivity contribution >= 4 is 17.4 Å². The quantitative estimate of drug-likeness (QED) is 0.653. The van der Waals surface area contributed by atoms with Gasteiger partial charge in [-0.1, -0.05) is 20.8 Å². The average molecular weight is 354 g/mol. The summed E-state index contributed by atoms with van der Waals surface area (Å²) in [5.41, 5.74) is 1.64. The summed E-state index contributed by atoms with van der Waals surface area (Å²) in [6, 6.07) is 7.84. The van der Waals surface area contributed by atoms with Crippen molar-refractivity contribution in [2.24, 2.45) is 5.92 Å². The van der Waals surface area contributed by atoms with Crippen LogP contribution in [0.1, 0.15) is 26.5 Å². The maximum absolute atomic E-state index is 12.5. The van der Waals surface area contributed by atoms with E-state index in [4.69, 9.17) is 9.72 Å². The van der Waals surface area contributed by atoms with Gasteiger partial charge in [-0.3, -0.25) is 14.1 Å². The minimum absolute atomic E-state index is 0.0698. The number of rotatable bonds is 7. The third-order valence-electron chi connectivity index (χ3n) is 4.41. The van der Waals surface area contributed by atoms with Gasteiger partial charge in [0.05, 0.1) is 12.2 Å². The molecule has 6 nitrogen and oxygen atoms in total. The van der Waals surface area contributed by atoms with Crippen molar-refractivity contribution < 1.29 is 9.53 Å². The second-order valence-corrected chi connectivity index (χ2v) is 6.62. The molecule has 0 radical (unpaired) electrons. The van der Waals surface area contributed by atoms with Gasteiger partial charge in [-0.15, -0.1) is 0 Å². The van der Waals surface area contributed by atoms with Crippen LogP contribution in [0.3, 0.4) is 0 Å². The number of aryl methyl sites for hydroxylation is 1. The number of hydrogen-bond acceptors (Lipinski definition) is 3. The summed E-state index contributed by atoms with van der Waals surface area (Å²) < 4.78 is 10.0. The van der Waals surface area contributed by atoms with E-state index in [1.165, 1.54) is 0 Å². The Hall–Kier alpha value is -2.76. The Morgan fingerprint density at radius 2 is 1.96 bits per heavy atom. The molecule has 3 rings (SSSR count). The Labute approximate surface area is 154 Å². The van der Waals surface area contributed by atoms with Crippen molar-refractivity contribution in [3.8, 4) is 5.75 Å². The van der Waals surface area contributed by atoms with E-state index >= 15 is 0 Å². The molecule has 0 unspecified atom stereocenters. The molecule has 0 atom stereocenters. The maximum atomic E-state index is 12.5. The normalized spacial score (nSPS) is 11.3. The van der Waals surface area contributed by atoms with Crippen LogP contribution in [-0.2, 0) is 17.8 Å². The Morgan fingerprint density at radius 1 is 1.23 bits per heavy atom. The minimum atomic E-state index is -0.0729. The lowest BCUT2D eigenvalue weighted by atomic mass is 10.2. The van der Waals surface area contributed by atoms with Gasteiger partial charge in [-0.2, -0.15) is 0 Å². The third kappa shape index (κ3) is 3.45. The van der Waals surface area contributed by atoms with E-state index in [1.807, 2.05) is 75.1 Å². The number of amides is 1. The summed E-state index contributed by atoms with van der Waals surface area (Å²) in [5.74, 6) is 1.54. The van der Waals surface area contributed by atoms with Gasteiger partial charge in [-0.05, 0) is 30.7 Å². The highest BCUT2D eigenvalue weighted by Crippen LogP contribution is 2.28. The Balaban J connectivity index is 1.91. The van der Waals surface area contributed by atoms with E-state index in [0.29, 0.717) is 6.61 Å². The number of carbonyl (C=O) groups excluding carboxylic acids is 1. The predicted octanol–water partition coefficient (Wildman–Crippen LogP) is 3.40. The van der Waals surface area contributed by atoms with Crippen molar-refractivity contribution in [3.05, 3.63) is 48.5 Å². The van der Waals surface area contributed by atoms with Gasteiger partial charge in [0.15, 0.2) is 11.4 Å². The van der Waals surface area contributed by atoms with Crippen molar-refractivity contribution in [1.29, 1.82) is 0 Å². The second kappa shape index (κ2) is 7.64. The molecule has 0 saturated heterocycles. The fourth-order valence-electron chi connectivity index (χ4n) is 3.05. The minimum Gasteiger partial charge on any atom is -0.488 e. The standard InChI is InChI=1S/C20H26N4O2/c1-5-16-19(22(4)20(25)15(2)3)24-12-8-9-17(18(24)21-16)26-14-13-23-10-6-7-11-23/h6-12,15H,5,13-14H2,1-4H3. The summed E-state index contributed by atoms with van der Waals surface area (Å²) >= 11 is 0. The number of ether oxygens (including phenoxy) is 1. The van der Waals surface area contributed by atoms with Crippen molar-refractivity contribution in [2.75, 3.05) is 18.6 Å². The van der Waals surface area contributed by atoms with Gasteiger partial charge in [0.25, 0.3) is 0 Å². The average Bonchev–Trinajstić information content (AvgIpc) is 3.27. The lowest BCUT2D eigenvalue weighted by molar-refractivity contribution is -0.121. The first kappa shape index (κ1) is 18.0. The van der Waals surface area contributed by atoms with E-state index in [1.54, 1.807) is 4.90 Å². The van der Waals surface area contributed by atoms with Crippen molar-refractivity contribution in [3.63, 3.8) is 0 Å². The summed E-state index contributed by atoms with van der Waals surface area (Å²) in [6.45, 7) is 7.19. The molecule has 0 saturated carbocycles. The lowest BCUT2D eigenvalue weighted by Crippen LogP contribution is -2.31. The molecule has 0 bridgehead atoms. The number of anilines is 1. The number of nitrogens with zero attached hydrogens (tertiary/aromatic N) is 4. The highest BCUT2D eigenvalue weighted by atomic mass is 16.5. The number of carbonyl (C=O) groups is 1. The second-order valence-electron chi connectivity index (χ2n) is 6.62. The molecular formula is C20H26N4O2. The van der Waals surface area contributed by atoms with Gasteiger partial charge in [0, 0.05) is 31.6 Å². The zero-order chi connectivity index (χ0) is 18.7. The summed E-state index contributed by atoms with van der Waals surface area (Å²) in [7, 11) is 1.81. The molecule has 26 heavy (non-hydrogen) atoms. The van der Waals surface area contributed by atoms with Gasteiger partial charge in [-0.25, -0.2) is 4.98 Å². The van der Waals surface area contributed by atoms with Crippen LogP contribution in [0.25, 0.3) is 5.65 Å². The molecule has 0 aliphatic carbocycles. The number of pyridine rings is 1. The SMILES string of the molecule is CCc1nc2c(OCCn3cccc3)cccn2c1N(C)C(=O)C(C)C. The van der Waals surface area contributed by atoms with E-state index in [2.05, 4.69) is 4.57 Å². The lowest BCUT2D eigenvalue weighted by Gasteiger charge is -2.20. The first-order chi connectivity index (χ1) is 12.5. The molecule has 6 heteroatoms. The largest absolute Gasteiger partial charge is 0.488 e. The van der Waals surface area contributed by atoms with E-state index < -0.39 is 0 Å². The number of aromatic nitrogens is 3. The highest BCUT2D eigenvalue weighted by Gasteiger charge is 2.23. The molecule has 138 valence electrons. The smallest absolute Gasteiger partial charge is 0.230 e. The topological polar surface area (TPSA) is 51.8 Å². The Morgan fingerprint density at radius 3 is 2.62 bits per heavy atom. The van der Waals surface area contributed by atoms with Crippen LogP contribution in [0.15, 0.2) is 42.9 Å². The first-order valence-corrected chi connectivity index (χ1v) is 9.04. The molecule has 3 heterocycles. The van der Waals surface area contributed by atoms with E-state index in [0.717, 1.165) is 35.9 Å².